The summed E-state index contributed by atoms with van der Waals surface area (Å²) in [7, 11) is 0. The van der Waals surface area contributed by atoms with E-state index in [0.29, 0.717) is 30.7 Å². The number of ether oxygens (including phenoxy) is 1. The van der Waals surface area contributed by atoms with Crippen LogP contribution in [-0.4, -0.2) is 53.6 Å². The van der Waals surface area contributed by atoms with Crippen LogP contribution in [0.2, 0.25) is 0 Å². The molecule has 4 rings (SSSR count). The van der Waals surface area contributed by atoms with Crippen molar-refractivity contribution in [2.45, 2.75) is 6.92 Å². The quantitative estimate of drug-likeness (QED) is 0.769. The second-order valence-corrected chi connectivity index (χ2v) is 6.45. The Kier molecular flexibility index (Phi) is 4.66. The Labute approximate surface area is 156 Å². The highest BCUT2D eigenvalue weighted by Crippen LogP contribution is 2.21. The van der Waals surface area contributed by atoms with Gasteiger partial charge >= 0.3 is 0 Å². The fourth-order valence-corrected chi connectivity index (χ4v) is 3.32. The minimum Gasteiger partial charge on any atom is -0.494 e. The number of carbonyl (C=O) groups is 1. The van der Waals surface area contributed by atoms with E-state index in [4.69, 9.17) is 4.74 Å². The highest BCUT2D eigenvalue weighted by atomic mass is 19.1. The van der Waals surface area contributed by atoms with Gasteiger partial charge in [-0.25, -0.2) is 9.37 Å². The first-order valence-corrected chi connectivity index (χ1v) is 9.06. The standard InChI is InChI=1S/C20H21FN4O2/c1-2-27-16-6-4-15(5-7-16)24-9-11-25(12-10-24)20(26)19-22-17-8-3-14(21)13-18(17)23-19/h3-8,13H,2,9-12H2,1H3,(H,22,23). The van der Waals surface area contributed by atoms with Crippen molar-refractivity contribution in [1.82, 2.24) is 14.9 Å². The topological polar surface area (TPSA) is 61.5 Å². The number of anilines is 1. The molecule has 0 unspecified atom stereocenters. The van der Waals surface area contributed by atoms with E-state index in [2.05, 4.69) is 14.9 Å². The average molecular weight is 368 g/mol. The first kappa shape index (κ1) is 17.3. The summed E-state index contributed by atoms with van der Waals surface area (Å²) in [6.07, 6.45) is 0. The lowest BCUT2D eigenvalue weighted by Gasteiger charge is -2.35. The lowest BCUT2D eigenvalue weighted by Crippen LogP contribution is -2.49. The summed E-state index contributed by atoms with van der Waals surface area (Å²) in [4.78, 5) is 24.0. The van der Waals surface area contributed by atoms with E-state index in [0.717, 1.165) is 24.5 Å². The highest BCUT2D eigenvalue weighted by molar-refractivity contribution is 5.94. The molecule has 3 aromatic rings. The van der Waals surface area contributed by atoms with Crippen molar-refractivity contribution in [2.24, 2.45) is 0 Å². The summed E-state index contributed by atoms with van der Waals surface area (Å²) in [6, 6.07) is 12.3. The number of aromatic nitrogens is 2. The molecule has 7 heteroatoms. The number of imidazole rings is 1. The number of amides is 1. The number of piperazine rings is 1. The SMILES string of the molecule is CCOc1ccc(N2CCN(C(=O)c3nc4cc(F)ccc4[nH]3)CC2)cc1. The summed E-state index contributed by atoms with van der Waals surface area (Å²) < 4.78 is 18.8. The molecule has 0 bridgehead atoms. The van der Waals surface area contributed by atoms with Crippen LogP contribution >= 0.6 is 0 Å². The first-order chi connectivity index (χ1) is 13.1. The van der Waals surface area contributed by atoms with Crippen molar-refractivity contribution >= 4 is 22.6 Å². The van der Waals surface area contributed by atoms with Crippen LogP contribution in [0, 0.1) is 5.82 Å². The summed E-state index contributed by atoms with van der Waals surface area (Å²) in [5.41, 5.74) is 2.24. The molecule has 1 amide bonds. The molecule has 0 radical (unpaired) electrons. The van der Waals surface area contributed by atoms with E-state index in [1.165, 1.54) is 12.1 Å². The van der Waals surface area contributed by atoms with Gasteiger partial charge in [0.1, 0.15) is 11.6 Å². The van der Waals surface area contributed by atoms with Crippen LogP contribution in [0.5, 0.6) is 5.75 Å². The maximum absolute atomic E-state index is 13.3. The van der Waals surface area contributed by atoms with E-state index in [1.54, 1.807) is 11.0 Å². The van der Waals surface area contributed by atoms with Crippen LogP contribution < -0.4 is 9.64 Å². The maximum atomic E-state index is 13.3. The number of nitrogens with one attached hydrogen (secondary N) is 1. The lowest BCUT2D eigenvalue weighted by atomic mass is 10.2. The van der Waals surface area contributed by atoms with Gasteiger partial charge in [0.25, 0.3) is 5.91 Å². The summed E-state index contributed by atoms with van der Waals surface area (Å²) in [5, 5.41) is 0. The van der Waals surface area contributed by atoms with Gasteiger partial charge in [0, 0.05) is 37.9 Å². The van der Waals surface area contributed by atoms with Crippen molar-refractivity contribution in [3.8, 4) is 5.75 Å². The fourth-order valence-electron chi connectivity index (χ4n) is 3.32. The van der Waals surface area contributed by atoms with Crippen LogP contribution in [0.3, 0.4) is 0 Å². The molecule has 1 aliphatic heterocycles. The molecule has 1 fully saturated rings. The molecule has 27 heavy (non-hydrogen) atoms. The summed E-state index contributed by atoms with van der Waals surface area (Å²) in [5.74, 6) is 0.594. The molecule has 2 heterocycles. The normalized spacial score (nSPS) is 14.6. The van der Waals surface area contributed by atoms with Crippen LogP contribution in [0.25, 0.3) is 11.0 Å². The third-order valence-corrected chi connectivity index (χ3v) is 4.73. The van der Waals surface area contributed by atoms with Gasteiger partial charge in [-0.15, -0.1) is 0 Å². The predicted octanol–water partition coefficient (Wildman–Crippen LogP) is 3.06. The Morgan fingerprint density at radius 3 is 2.59 bits per heavy atom. The number of halogens is 1. The van der Waals surface area contributed by atoms with Crippen molar-refractivity contribution in [3.05, 3.63) is 54.1 Å². The fraction of sp³-hybridized carbons (Fsp3) is 0.300. The Morgan fingerprint density at radius 2 is 1.89 bits per heavy atom. The van der Waals surface area contributed by atoms with Gasteiger partial charge in [0.2, 0.25) is 0 Å². The predicted molar refractivity (Wildman–Crippen MR) is 102 cm³/mol. The van der Waals surface area contributed by atoms with E-state index >= 15 is 0 Å². The summed E-state index contributed by atoms with van der Waals surface area (Å²) >= 11 is 0. The number of hydrogen-bond acceptors (Lipinski definition) is 4. The monoisotopic (exact) mass is 368 g/mol. The molecule has 0 saturated carbocycles. The van der Waals surface area contributed by atoms with Crippen molar-refractivity contribution in [3.63, 3.8) is 0 Å². The number of nitrogens with zero attached hydrogens (tertiary/aromatic N) is 3. The third-order valence-electron chi connectivity index (χ3n) is 4.73. The highest BCUT2D eigenvalue weighted by Gasteiger charge is 2.24. The van der Waals surface area contributed by atoms with Gasteiger partial charge in [-0.3, -0.25) is 4.79 Å². The van der Waals surface area contributed by atoms with Crippen LogP contribution in [0.1, 0.15) is 17.5 Å². The lowest BCUT2D eigenvalue weighted by molar-refractivity contribution is 0.0736. The van der Waals surface area contributed by atoms with Crippen LogP contribution in [0.4, 0.5) is 10.1 Å². The van der Waals surface area contributed by atoms with Gasteiger partial charge in [0.05, 0.1) is 17.6 Å². The Morgan fingerprint density at radius 1 is 1.15 bits per heavy atom. The van der Waals surface area contributed by atoms with Crippen LogP contribution in [-0.2, 0) is 0 Å². The van der Waals surface area contributed by atoms with Crippen LogP contribution in [0.15, 0.2) is 42.5 Å². The molecule has 0 spiro atoms. The molecule has 6 nitrogen and oxygen atoms in total. The largest absolute Gasteiger partial charge is 0.494 e. The zero-order chi connectivity index (χ0) is 18.8. The van der Waals surface area contributed by atoms with Gasteiger partial charge in [-0.1, -0.05) is 0 Å². The second-order valence-electron chi connectivity index (χ2n) is 6.45. The number of fused-ring (bicyclic) bond motifs is 1. The number of hydrogen-bond donors (Lipinski definition) is 1. The molecule has 1 N–H and O–H groups in total. The van der Waals surface area contributed by atoms with Gasteiger partial charge < -0.3 is 19.5 Å². The summed E-state index contributed by atoms with van der Waals surface area (Å²) in [6.45, 7) is 5.31. The Bertz CT molecular complexity index is 946. The van der Waals surface area contributed by atoms with E-state index < -0.39 is 0 Å². The van der Waals surface area contributed by atoms with Gasteiger partial charge in [-0.2, -0.15) is 0 Å². The zero-order valence-corrected chi connectivity index (χ0v) is 15.1. The van der Waals surface area contributed by atoms with Crippen molar-refractivity contribution < 1.29 is 13.9 Å². The smallest absolute Gasteiger partial charge is 0.289 e. The van der Waals surface area contributed by atoms with Crippen molar-refractivity contribution in [2.75, 3.05) is 37.7 Å². The molecular weight excluding hydrogens is 347 g/mol. The third kappa shape index (κ3) is 3.58. The zero-order valence-electron chi connectivity index (χ0n) is 15.1. The number of aromatic amines is 1. The number of H-pyrrole nitrogens is 1. The molecular formula is C20H21FN4O2. The molecule has 140 valence electrons. The molecule has 1 saturated heterocycles. The number of benzene rings is 2. The van der Waals surface area contributed by atoms with Gasteiger partial charge in [0.15, 0.2) is 5.82 Å². The molecule has 0 aliphatic carbocycles. The average Bonchev–Trinajstić information content (AvgIpc) is 3.11. The van der Waals surface area contributed by atoms with E-state index in [9.17, 15) is 9.18 Å². The first-order valence-electron chi connectivity index (χ1n) is 9.06. The Hall–Kier alpha value is -3.09. The van der Waals surface area contributed by atoms with E-state index in [1.807, 2.05) is 31.2 Å². The molecule has 0 atom stereocenters. The van der Waals surface area contributed by atoms with Crippen molar-refractivity contribution in [1.29, 1.82) is 0 Å². The maximum Gasteiger partial charge on any atom is 0.289 e. The van der Waals surface area contributed by atoms with Gasteiger partial charge in [-0.05, 0) is 43.3 Å². The Balaban J connectivity index is 1.41. The molecule has 1 aliphatic rings. The molecule has 1 aromatic heterocycles. The number of rotatable bonds is 4. The molecule has 2 aromatic carbocycles. The minimum atomic E-state index is -0.364. The van der Waals surface area contributed by atoms with E-state index in [-0.39, 0.29) is 17.5 Å². The second kappa shape index (κ2) is 7.26. The minimum absolute atomic E-state index is 0.155. The number of carbonyl (C=O) groups excluding carboxylic acids is 1.